The van der Waals surface area contributed by atoms with Gasteiger partial charge >= 0.3 is 5.97 Å². The van der Waals surface area contributed by atoms with Crippen LogP contribution < -0.4 is 0 Å². The van der Waals surface area contributed by atoms with E-state index in [1.165, 1.54) is 0 Å². The van der Waals surface area contributed by atoms with Crippen LogP contribution in [-0.2, 0) is 17.6 Å². The van der Waals surface area contributed by atoms with Gasteiger partial charge in [-0.1, -0.05) is 13.0 Å². The van der Waals surface area contributed by atoms with Gasteiger partial charge in [-0.25, -0.2) is 4.39 Å². The zero-order chi connectivity index (χ0) is 13.2. The van der Waals surface area contributed by atoms with E-state index in [0.29, 0.717) is 22.9 Å². The molecule has 0 aliphatic rings. The smallest absolute Gasteiger partial charge is 0.309 e. The van der Waals surface area contributed by atoms with Crippen LogP contribution >= 0.6 is 15.9 Å². The van der Waals surface area contributed by atoms with Gasteiger partial charge in [-0.15, -0.1) is 0 Å². The molecule has 0 saturated carbocycles. The minimum absolute atomic E-state index is 0.260. The van der Waals surface area contributed by atoms with Crippen molar-refractivity contribution in [3.8, 4) is 0 Å². The molecule has 94 valence electrons. The number of carbonyl (C=O) groups is 1. The van der Waals surface area contributed by atoms with Gasteiger partial charge in [0.25, 0.3) is 0 Å². The second-order valence-electron chi connectivity index (χ2n) is 4.77. The van der Waals surface area contributed by atoms with Crippen LogP contribution in [0.2, 0.25) is 0 Å². The lowest BCUT2D eigenvalue weighted by Crippen LogP contribution is -2.26. The van der Waals surface area contributed by atoms with Gasteiger partial charge in [-0.3, -0.25) is 4.79 Å². The van der Waals surface area contributed by atoms with E-state index in [9.17, 15) is 9.18 Å². The molecule has 17 heavy (non-hydrogen) atoms. The van der Waals surface area contributed by atoms with Crippen LogP contribution in [0.3, 0.4) is 0 Å². The van der Waals surface area contributed by atoms with E-state index in [1.54, 1.807) is 26.0 Å². The number of aliphatic carboxylic acids is 1. The molecule has 0 aromatic heterocycles. The first kappa shape index (κ1) is 14.2. The van der Waals surface area contributed by atoms with Gasteiger partial charge in [-0.05, 0) is 59.8 Å². The van der Waals surface area contributed by atoms with Crippen molar-refractivity contribution in [2.24, 2.45) is 5.41 Å². The highest BCUT2D eigenvalue weighted by molar-refractivity contribution is 9.10. The average molecular weight is 303 g/mol. The van der Waals surface area contributed by atoms with Gasteiger partial charge in [0, 0.05) is 0 Å². The lowest BCUT2D eigenvalue weighted by molar-refractivity contribution is -0.146. The Morgan fingerprint density at radius 1 is 1.47 bits per heavy atom. The Hall–Kier alpha value is -0.900. The molecular formula is C13H16BrFO2. The van der Waals surface area contributed by atoms with Crippen molar-refractivity contribution in [1.29, 1.82) is 0 Å². The predicted molar refractivity (Wildman–Crippen MR) is 68.6 cm³/mol. The van der Waals surface area contributed by atoms with E-state index in [-0.39, 0.29) is 5.82 Å². The Labute approximate surface area is 109 Å². The number of aryl methyl sites for hydroxylation is 1. The number of carboxylic acid groups (broad SMARTS) is 1. The molecule has 0 heterocycles. The molecule has 0 atom stereocenters. The molecule has 0 saturated heterocycles. The number of halogens is 2. The van der Waals surface area contributed by atoms with Crippen molar-refractivity contribution in [2.45, 2.75) is 33.6 Å². The summed E-state index contributed by atoms with van der Waals surface area (Å²) in [5.41, 5.74) is 0.598. The van der Waals surface area contributed by atoms with Crippen LogP contribution in [0.5, 0.6) is 0 Å². The molecule has 0 aliphatic heterocycles. The zero-order valence-corrected chi connectivity index (χ0v) is 11.8. The number of hydrogen-bond acceptors (Lipinski definition) is 1. The number of hydrogen-bond donors (Lipinski definition) is 1. The van der Waals surface area contributed by atoms with E-state index in [1.807, 2.05) is 6.92 Å². The molecule has 1 aromatic rings. The van der Waals surface area contributed by atoms with Crippen LogP contribution in [0.4, 0.5) is 4.39 Å². The maximum atomic E-state index is 13.6. The average Bonchev–Trinajstić information content (AvgIpc) is 2.22. The van der Waals surface area contributed by atoms with Crippen molar-refractivity contribution in [2.75, 3.05) is 0 Å². The summed E-state index contributed by atoms with van der Waals surface area (Å²) in [6.45, 7) is 5.20. The summed E-state index contributed by atoms with van der Waals surface area (Å²) in [6, 6.07) is 3.39. The Morgan fingerprint density at radius 3 is 2.53 bits per heavy atom. The van der Waals surface area contributed by atoms with Crippen LogP contribution in [0.25, 0.3) is 0 Å². The quantitative estimate of drug-likeness (QED) is 0.918. The molecule has 0 fully saturated rings. The second kappa shape index (κ2) is 5.17. The van der Waals surface area contributed by atoms with Crippen LogP contribution in [0.1, 0.15) is 31.9 Å². The summed E-state index contributed by atoms with van der Waals surface area (Å²) >= 11 is 3.16. The predicted octanol–water partition coefficient (Wildman–Crippen LogP) is 3.80. The van der Waals surface area contributed by atoms with E-state index in [0.717, 1.165) is 5.56 Å². The highest BCUT2D eigenvalue weighted by Crippen LogP contribution is 2.27. The topological polar surface area (TPSA) is 37.3 Å². The Bertz CT molecular complexity index is 441. The summed E-state index contributed by atoms with van der Waals surface area (Å²) in [5, 5.41) is 9.07. The first-order chi connectivity index (χ1) is 7.77. The number of rotatable bonds is 4. The molecule has 0 bridgehead atoms. The molecule has 1 aromatic carbocycles. The van der Waals surface area contributed by atoms with Gasteiger partial charge < -0.3 is 5.11 Å². The third kappa shape index (κ3) is 3.28. The Balaban J connectivity index is 3.09. The first-order valence-electron chi connectivity index (χ1n) is 5.48. The van der Waals surface area contributed by atoms with Gasteiger partial charge in [0.1, 0.15) is 5.82 Å². The molecule has 0 aliphatic carbocycles. The second-order valence-corrected chi connectivity index (χ2v) is 5.62. The third-order valence-corrected chi connectivity index (χ3v) is 3.35. The van der Waals surface area contributed by atoms with E-state index < -0.39 is 11.4 Å². The van der Waals surface area contributed by atoms with E-state index >= 15 is 0 Å². The van der Waals surface area contributed by atoms with Crippen molar-refractivity contribution in [3.63, 3.8) is 0 Å². The number of carboxylic acids is 1. The summed E-state index contributed by atoms with van der Waals surface area (Å²) < 4.78 is 14.0. The zero-order valence-electron chi connectivity index (χ0n) is 10.2. The molecule has 0 amide bonds. The molecule has 0 spiro atoms. The molecule has 4 heteroatoms. The maximum absolute atomic E-state index is 13.6. The highest BCUT2D eigenvalue weighted by atomic mass is 79.9. The van der Waals surface area contributed by atoms with Gasteiger partial charge in [0.15, 0.2) is 0 Å². The normalized spacial score (nSPS) is 11.6. The van der Waals surface area contributed by atoms with Crippen molar-refractivity contribution in [3.05, 3.63) is 33.5 Å². The molecule has 1 rings (SSSR count). The molecule has 0 radical (unpaired) electrons. The van der Waals surface area contributed by atoms with Crippen LogP contribution in [-0.4, -0.2) is 11.1 Å². The summed E-state index contributed by atoms with van der Waals surface area (Å²) in [4.78, 5) is 11.0. The Kier molecular flexibility index (Phi) is 4.31. The van der Waals surface area contributed by atoms with Gasteiger partial charge in [-0.2, -0.15) is 0 Å². The fraction of sp³-hybridized carbons (Fsp3) is 0.462. The molecular weight excluding hydrogens is 287 g/mol. The number of benzene rings is 1. The molecule has 1 N–H and O–H groups in total. The fourth-order valence-corrected chi connectivity index (χ4v) is 2.20. The SMILES string of the molecule is CCc1cc(CC(C)(C)C(=O)O)cc(Br)c1F. The van der Waals surface area contributed by atoms with Gasteiger partial charge in [0.05, 0.1) is 9.89 Å². The molecule has 2 nitrogen and oxygen atoms in total. The lowest BCUT2D eigenvalue weighted by Gasteiger charge is -2.19. The maximum Gasteiger partial charge on any atom is 0.309 e. The third-order valence-electron chi connectivity index (χ3n) is 2.77. The minimum Gasteiger partial charge on any atom is -0.481 e. The van der Waals surface area contributed by atoms with E-state index in [2.05, 4.69) is 15.9 Å². The summed E-state index contributed by atoms with van der Waals surface area (Å²) in [5.74, 6) is -1.11. The van der Waals surface area contributed by atoms with Crippen molar-refractivity contribution >= 4 is 21.9 Å². The van der Waals surface area contributed by atoms with Crippen molar-refractivity contribution in [1.82, 2.24) is 0 Å². The highest BCUT2D eigenvalue weighted by Gasteiger charge is 2.27. The summed E-state index contributed by atoms with van der Waals surface area (Å²) in [7, 11) is 0. The van der Waals surface area contributed by atoms with Gasteiger partial charge in [0.2, 0.25) is 0 Å². The summed E-state index contributed by atoms with van der Waals surface area (Å²) in [6.07, 6.45) is 0.972. The Morgan fingerprint density at radius 2 is 2.06 bits per heavy atom. The minimum atomic E-state index is -0.851. The van der Waals surface area contributed by atoms with Crippen molar-refractivity contribution < 1.29 is 14.3 Å². The van der Waals surface area contributed by atoms with E-state index in [4.69, 9.17) is 5.11 Å². The molecule has 0 unspecified atom stereocenters. The standard InChI is InChI=1S/C13H16BrFO2/c1-4-9-5-8(6-10(14)11(9)15)7-13(2,3)12(16)17/h5-6H,4,7H2,1-3H3,(H,16,17). The largest absolute Gasteiger partial charge is 0.481 e. The lowest BCUT2D eigenvalue weighted by atomic mass is 9.85. The van der Waals surface area contributed by atoms with Crippen LogP contribution in [0.15, 0.2) is 16.6 Å². The first-order valence-corrected chi connectivity index (χ1v) is 6.27. The monoisotopic (exact) mass is 302 g/mol. The van der Waals surface area contributed by atoms with Crippen LogP contribution in [0, 0.1) is 11.2 Å². The fourth-order valence-electron chi connectivity index (χ4n) is 1.65.